The van der Waals surface area contributed by atoms with Crippen molar-refractivity contribution >= 4 is 5.78 Å². The molecule has 0 radical (unpaired) electrons. The first-order valence-corrected chi connectivity index (χ1v) is 6.03. The Morgan fingerprint density at radius 3 is 2.60 bits per heavy atom. The molecular weight excluding hydrogens is 257 g/mol. The molecule has 2 aromatic rings. The van der Waals surface area contributed by atoms with E-state index in [1.807, 2.05) is 36.4 Å². The van der Waals surface area contributed by atoms with Gasteiger partial charge < -0.3 is 4.74 Å². The maximum atomic E-state index is 13.8. The van der Waals surface area contributed by atoms with Crippen molar-refractivity contribution in [3.05, 3.63) is 65.0 Å². The molecule has 4 heteroatoms. The minimum Gasteiger partial charge on any atom is -0.486 e. The monoisotopic (exact) mass is 269 g/mol. The Bertz CT molecular complexity index is 675. The van der Waals surface area contributed by atoms with Gasteiger partial charge in [0.25, 0.3) is 0 Å². The summed E-state index contributed by atoms with van der Waals surface area (Å²) in [7, 11) is 0. The molecule has 0 saturated heterocycles. The molecular formula is C16H12FNO2. The molecule has 0 N–H and O–H groups in total. The van der Waals surface area contributed by atoms with E-state index in [0.717, 1.165) is 11.6 Å². The van der Waals surface area contributed by atoms with Crippen LogP contribution in [-0.4, -0.2) is 5.78 Å². The van der Waals surface area contributed by atoms with Gasteiger partial charge in [-0.1, -0.05) is 30.3 Å². The summed E-state index contributed by atoms with van der Waals surface area (Å²) in [6.45, 7) is 1.49. The second-order valence-electron chi connectivity index (χ2n) is 4.27. The molecule has 0 heterocycles. The number of Topliss-reactive ketones (excluding diaryl/α,β-unsaturated/α-hetero) is 1. The number of rotatable bonds is 4. The van der Waals surface area contributed by atoms with Crippen LogP contribution in [0.5, 0.6) is 5.75 Å². The number of ether oxygens (including phenoxy) is 1. The second kappa shape index (κ2) is 5.98. The molecule has 0 saturated carbocycles. The summed E-state index contributed by atoms with van der Waals surface area (Å²) in [5, 5.41) is 8.99. The normalized spacial score (nSPS) is 9.85. The number of hydrogen-bond acceptors (Lipinski definition) is 3. The first-order chi connectivity index (χ1) is 9.61. The Hall–Kier alpha value is -2.67. The van der Waals surface area contributed by atoms with Gasteiger partial charge in [0.2, 0.25) is 0 Å². The number of hydrogen-bond donors (Lipinski definition) is 0. The molecule has 0 aromatic heterocycles. The van der Waals surface area contributed by atoms with Gasteiger partial charge in [-0.2, -0.15) is 5.26 Å². The van der Waals surface area contributed by atoms with Crippen LogP contribution in [0.25, 0.3) is 0 Å². The number of benzene rings is 2. The third-order valence-electron chi connectivity index (χ3n) is 2.81. The van der Waals surface area contributed by atoms with Gasteiger partial charge in [0.05, 0.1) is 5.56 Å². The van der Waals surface area contributed by atoms with Crippen LogP contribution in [0.4, 0.5) is 4.39 Å². The summed E-state index contributed by atoms with van der Waals surface area (Å²) in [4.78, 5) is 11.3. The minimum atomic E-state index is -0.648. The summed E-state index contributed by atoms with van der Waals surface area (Å²) >= 11 is 0. The van der Waals surface area contributed by atoms with Crippen molar-refractivity contribution in [1.82, 2.24) is 0 Å². The quantitative estimate of drug-likeness (QED) is 0.798. The van der Waals surface area contributed by atoms with Crippen molar-refractivity contribution in [3.8, 4) is 11.8 Å². The van der Waals surface area contributed by atoms with Gasteiger partial charge in [0, 0.05) is 11.6 Å². The predicted molar refractivity (Wildman–Crippen MR) is 71.9 cm³/mol. The number of nitrogens with zero attached hydrogens (tertiary/aromatic N) is 1. The highest BCUT2D eigenvalue weighted by atomic mass is 19.1. The highest BCUT2D eigenvalue weighted by Crippen LogP contribution is 2.23. The molecule has 0 fully saturated rings. The zero-order valence-electron chi connectivity index (χ0n) is 10.9. The molecule has 0 atom stereocenters. The van der Waals surface area contributed by atoms with Gasteiger partial charge in [0.15, 0.2) is 17.3 Å². The number of halogens is 1. The Kier molecular flexibility index (Phi) is 4.11. The van der Waals surface area contributed by atoms with E-state index in [-0.39, 0.29) is 29.3 Å². The lowest BCUT2D eigenvalue weighted by molar-refractivity contribution is 0.101. The van der Waals surface area contributed by atoms with E-state index < -0.39 is 5.82 Å². The molecule has 3 nitrogen and oxygen atoms in total. The Labute approximate surface area is 116 Å². The topological polar surface area (TPSA) is 50.1 Å². The number of nitriles is 1. The minimum absolute atomic E-state index is 0.0320. The molecule has 0 aliphatic carbocycles. The van der Waals surface area contributed by atoms with Gasteiger partial charge in [-0.15, -0.1) is 0 Å². The van der Waals surface area contributed by atoms with Crippen LogP contribution in [0, 0.1) is 17.1 Å². The molecule has 20 heavy (non-hydrogen) atoms. The van der Waals surface area contributed by atoms with Crippen LogP contribution < -0.4 is 4.74 Å². The van der Waals surface area contributed by atoms with Crippen molar-refractivity contribution in [2.45, 2.75) is 13.5 Å². The number of carbonyl (C=O) groups excluding carboxylic acids is 1. The Morgan fingerprint density at radius 2 is 2.00 bits per heavy atom. The molecule has 0 aliphatic heterocycles. The van der Waals surface area contributed by atoms with Gasteiger partial charge in [-0.05, 0) is 18.6 Å². The smallest absolute Gasteiger partial charge is 0.165 e. The average molecular weight is 269 g/mol. The largest absolute Gasteiger partial charge is 0.486 e. The summed E-state index contributed by atoms with van der Waals surface area (Å²) in [5.74, 6) is -1.03. The maximum Gasteiger partial charge on any atom is 0.165 e. The first-order valence-electron chi connectivity index (χ1n) is 6.03. The van der Waals surface area contributed by atoms with Crippen LogP contribution >= 0.6 is 0 Å². The molecule has 100 valence electrons. The molecule has 2 aromatic carbocycles. The van der Waals surface area contributed by atoms with E-state index >= 15 is 0 Å². The van der Waals surface area contributed by atoms with Crippen molar-refractivity contribution < 1.29 is 13.9 Å². The van der Waals surface area contributed by atoms with Crippen molar-refractivity contribution in [3.63, 3.8) is 0 Å². The van der Waals surface area contributed by atoms with E-state index in [1.54, 1.807) is 0 Å². The predicted octanol–water partition coefficient (Wildman–Crippen LogP) is 3.48. The lowest BCUT2D eigenvalue weighted by atomic mass is 10.0. The summed E-state index contributed by atoms with van der Waals surface area (Å²) < 4.78 is 19.2. The molecule has 0 aliphatic rings. The SMILES string of the molecule is CC(=O)c1cc(F)c(OCc2ccccc2)cc1C#N. The summed E-state index contributed by atoms with van der Waals surface area (Å²) in [6, 6.07) is 13.5. The first kappa shape index (κ1) is 13.8. The van der Waals surface area contributed by atoms with Gasteiger partial charge in [-0.25, -0.2) is 4.39 Å². The Morgan fingerprint density at radius 1 is 1.30 bits per heavy atom. The van der Waals surface area contributed by atoms with Crippen molar-refractivity contribution in [2.75, 3.05) is 0 Å². The lowest BCUT2D eigenvalue weighted by Gasteiger charge is -2.09. The second-order valence-corrected chi connectivity index (χ2v) is 4.27. The standard InChI is InChI=1S/C16H12FNO2/c1-11(19)14-8-15(17)16(7-13(14)9-18)20-10-12-5-3-2-4-6-12/h2-8H,10H2,1H3. The molecule has 0 bridgehead atoms. The molecule has 2 rings (SSSR count). The maximum absolute atomic E-state index is 13.8. The van der Waals surface area contributed by atoms with Crippen LogP contribution in [0.2, 0.25) is 0 Å². The molecule has 0 spiro atoms. The van der Waals surface area contributed by atoms with E-state index in [9.17, 15) is 9.18 Å². The van der Waals surface area contributed by atoms with E-state index in [4.69, 9.17) is 10.00 Å². The highest BCUT2D eigenvalue weighted by molar-refractivity contribution is 5.96. The van der Waals surface area contributed by atoms with Crippen LogP contribution in [0.1, 0.15) is 28.4 Å². The summed E-state index contributed by atoms with van der Waals surface area (Å²) in [5.41, 5.74) is 1.07. The van der Waals surface area contributed by atoms with Crippen LogP contribution in [0.15, 0.2) is 42.5 Å². The van der Waals surface area contributed by atoms with Gasteiger partial charge in [-0.3, -0.25) is 4.79 Å². The Balaban J connectivity index is 2.25. The van der Waals surface area contributed by atoms with Crippen LogP contribution in [-0.2, 0) is 6.61 Å². The highest BCUT2D eigenvalue weighted by Gasteiger charge is 2.14. The zero-order chi connectivity index (χ0) is 14.5. The number of ketones is 1. The molecule has 0 unspecified atom stereocenters. The van der Waals surface area contributed by atoms with Crippen molar-refractivity contribution in [2.24, 2.45) is 0 Å². The fraction of sp³-hybridized carbons (Fsp3) is 0.125. The number of carbonyl (C=O) groups is 1. The van der Waals surface area contributed by atoms with E-state index in [1.165, 1.54) is 13.0 Å². The van der Waals surface area contributed by atoms with Gasteiger partial charge >= 0.3 is 0 Å². The molecule has 0 amide bonds. The van der Waals surface area contributed by atoms with E-state index in [0.29, 0.717) is 0 Å². The van der Waals surface area contributed by atoms with Crippen LogP contribution in [0.3, 0.4) is 0 Å². The summed E-state index contributed by atoms with van der Waals surface area (Å²) in [6.07, 6.45) is 0. The zero-order valence-corrected chi connectivity index (χ0v) is 10.9. The van der Waals surface area contributed by atoms with Crippen molar-refractivity contribution in [1.29, 1.82) is 5.26 Å². The fourth-order valence-corrected chi connectivity index (χ4v) is 1.78. The van der Waals surface area contributed by atoms with Gasteiger partial charge in [0.1, 0.15) is 12.7 Å². The lowest BCUT2D eigenvalue weighted by Crippen LogP contribution is -2.02. The average Bonchev–Trinajstić information content (AvgIpc) is 2.46. The third kappa shape index (κ3) is 3.01. The third-order valence-corrected chi connectivity index (χ3v) is 2.81. The van der Waals surface area contributed by atoms with E-state index in [2.05, 4.69) is 0 Å². The fourth-order valence-electron chi connectivity index (χ4n) is 1.78.